The molecule has 1 atom stereocenters. The molecule has 0 aliphatic carbocycles. The molecule has 1 aromatic carbocycles. The van der Waals surface area contributed by atoms with Crippen LogP contribution in [0.15, 0.2) is 24.3 Å². The van der Waals surface area contributed by atoms with E-state index in [0.29, 0.717) is 6.54 Å². The van der Waals surface area contributed by atoms with E-state index in [4.69, 9.17) is 4.74 Å². The normalized spacial score (nSPS) is 20.2. The third-order valence-corrected chi connectivity index (χ3v) is 3.83. The van der Waals surface area contributed by atoms with E-state index in [1.165, 1.54) is 0 Å². The van der Waals surface area contributed by atoms with E-state index in [0.717, 1.165) is 43.5 Å². The fourth-order valence-corrected chi connectivity index (χ4v) is 2.82. The Balaban J connectivity index is 2.02. The van der Waals surface area contributed by atoms with Gasteiger partial charge < -0.3 is 9.84 Å². The lowest BCUT2D eigenvalue weighted by Gasteiger charge is -2.26. The molecule has 1 N–H and O–H groups in total. The molecule has 1 aliphatic heterocycles. The zero-order chi connectivity index (χ0) is 15.2. The Morgan fingerprint density at radius 2 is 2.00 bits per heavy atom. The van der Waals surface area contributed by atoms with Gasteiger partial charge in [0, 0.05) is 6.54 Å². The van der Waals surface area contributed by atoms with Crippen molar-refractivity contribution in [2.75, 3.05) is 6.54 Å². The van der Waals surface area contributed by atoms with Crippen LogP contribution < -0.4 is 4.74 Å². The number of benzene rings is 1. The van der Waals surface area contributed by atoms with Crippen LogP contribution in [0.4, 0.5) is 0 Å². The molecule has 1 fully saturated rings. The second kappa shape index (κ2) is 7.46. The molecule has 1 heterocycles. The highest BCUT2D eigenvalue weighted by molar-refractivity contribution is 5.73. The summed E-state index contributed by atoms with van der Waals surface area (Å²) in [4.78, 5) is 13.5. The topological polar surface area (TPSA) is 49.8 Å². The van der Waals surface area contributed by atoms with Crippen molar-refractivity contribution in [3.63, 3.8) is 0 Å². The smallest absolute Gasteiger partial charge is 0.320 e. The number of nitrogens with zero attached hydrogens (tertiary/aromatic N) is 1. The Kier molecular flexibility index (Phi) is 5.62. The predicted molar refractivity (Wildman–Crippen MR) is 82.5 cm³/mol. The highest BCUT2D eigenvalue weighted by Gasteiger charge is 2.26. The maximum absolute atomic E-state index is 11.4. The highest BCUT2D eigenvalue weighted by atomic mass is 16.5. The fraction of sp³-hybridized carbons (Fsp3) is 0.588. The number of hydrogen-bond donors (Lipinski definition) is 1. The minimum atomic E-state index is -0.698. The number of hydrogen-bond acceptors (Lipinski definition) is 3. The van der Waals surface area contributed by atoms with Crippen molar-refractivity contribution in [3.8, 4) is 5.75 Å². The van der Waals surface area contributed by atoms with Gasteiger partial charge in [-0.3, -0.25) is 9.69 Å². The monoisotopic (exact) mass is 291 g/mol. The van der Waals surface area contributed by atoms with E-state index in [9.17, 15) is 9.90 Å². The van der Waals surface area contributed by atoms with E-state index in [1.54, 1.807) is 0 Å². The number of carboxylic acids is 1. The molecule has 0 spiro atoms. The molecule has 4 nitrogen and oxygen atoms in total. The Morgan fingerprint density at radius 3 is 2.62 bits per heavy atom. The lowest BCUT2D eigenvalue weighted by atomic mass is 10.1. The number of carboxylic acid groups (broad SMARTS) is 1. The fourth-order valence-electron chi connectivity index (χ4n) is 2.82. The van der Waals surface area contributed by atoms with Crippen LogP contribution in [-0.4, -0.2) is 34.7 Å². The molecule has 0 radical (unpaired) electrons. The Bertz CT molecular complexity index is 456. The van der Waals surface area contributed by atoms with Gasteiger partial charge in [0.05, 0.1) is 6.10 Å². The maximum Gasteiger partial charge on any atom is 0.320 e. The minimum Gasteiger partial charge on any atom is -0.491 e. The van der Waals surface area contributed by atoms with Crippen LogP contribution in [0.5, 0.6) is 5.75 Å². The van der Waals surface area contributed by atoms with Crippen LogP contribution in [0.3, 0.4) is 0 Å². The molecule has 0 aromatic heterocycles. The molecule has 0 bridgehead atoms. The summed E-state index contributed by atoms with van der Waals surface area (Å²) in [5.41, 5.74) is 1.14. The second-order valence-electron chi connectivity index (χ2n) is 5.98. The number of ether oxygens (including phenoxy) is 1. The zero-order valence-electron chi connectivity index (χ0n) is 12.9. The molecule has 1 saturated heterocycles. The summed E-state index contributed by atoms with van der Waals surface area (Å²) in [6, 6.07) is 7.63. The SMILES string of the molecule is CC(C)Oc1ccc(CN2CCCCCC2C(=O)O)cc1. The van der Waals surface area contributed by atoms with Gasteiger partial charge in [0.2, 0.25) is 0 Å². The number of aliphatic carboxylic acids is 1. The maximum atomic E-state index is 11.4. The standard InChI is InChI=1S/C17H25NO3/c1-13(2)21-15-9-7-14(8-10-15)12-18-11-5-3-4-6-16(18)17(19)20/h7-10,13,16H,3-6,11-12H2,1-2H3,(H,19,20). The van der Waals surface area contributed by atoms with Gasteiger partial charge in [0.15, 0.2) is 0 Å². The second-order valence-corrected chi connectivity index (χ2v) is 5.98. The van der Waals surface area contributed by atoms with Gasteiger partial charge in [0.1, 0.15) is 11.8 Å². The molecule has 4 heteroatoms. The van der Waals surface area contributed by atoms with Gasteiger partial charge in [-0.05, 0) is 50.9 Å². The molecule has 21 heavy (non-hydrogen) atoms. The van der Waals surface area contributed by atoms with Gasteiger partial charge in [-0.2, -0.15) is 0 Å². The number of carbonyl (C=O) groups is 1. The van der Waals surface area contributed by atoms with Crippen molar-refractivity contribution < 1.29 is 14.6 Å². The van der Waals surface area contributed by atoms with Crippen LogP contribution in [0.2, 0.25) is 0 Å². The van der Waals surface area contributed by atoms with Crippen molar-refractivity contribution in [1.29, 1.82) is 0 Å². The van der Waals surface area contributed by atoms with Crippen molar-refractivity contribution in [2.45, 2.75) is 58.2 Å². The highest BCUT2D eigenvalue weighted by Crippen LogP contribution is 2.21. The lowest BCUT2D eigenvalue weighted by Crippen LogP contribution is -2.40. The summed E-state index contributed by atoms with van der Waals surface area (Å²) in [5, 5.41) is 9.39. The van der Waals surface area contributed by atoms with Crippen molar-refractivity contribution >= 4 is 5.97 Å². The van der Waals surface area contributed by atoms with Gasteiger partial charge in [0.25, 0.3) is 0 Å². The van der Waals surface area contributed by atoms with Crippen LogP contribution in [0, 0.1) is 0 Å². The number of rotatable bonds is 5. The zero-order valence-corrected chi connectivity index (χ0v) is 12.9. The van der Waals surface area contributed by atoms with Crippen molar-refractivity contribution in [3.05, 3.63) is 29.8 Å². The number of likely N-dealkylation sites (tertiary alicyclic amines) is 1. The Hall–Kier alpha value is -1.55. The average Bonchev–Trinajstić information content (AvgIpc) is 2.66. The lowest BCUT2D eigenvalue weighted by molar-refractivity contribution is -0.143. The summed E-state index contributed by atoms with van der Waals surface area (Å²) in [5.74, 6) is 0.163. The van der Waals surface area contributed by atoms with E-state index < -0.39 is 5.97 Å². The molecule has 2 rings (SSSR count). The molecule has 0 amide bonds. The molecular formula is C17H25NO3. The van der Waals surface area contributed by atoms with Gasteiger partial charge in [-0.15, -0.1) is 0 Å². The Labute approximate surface area is 126 Å². The summed E-state index contributed by atoms with van der Waals surface area (Å²) in [6.45, 7) is 5.56. The summed E-state index contributed by atoms with van der Waals surface area (Å²) >= 11 is 0. The summed E-state index contributed by atoms with van der Waals surface area (Å²) < 4.78 is 5.63. The van der Waals surface area contributed by atoms with E-state index >= 15 is 0 Å². The molecule has 116 valence electrons. The summed E-state index contributed by atoms with van der Waals surface area (Å²) in [7, 11) is 0. The summed E-state index contributed by atoms with van der Waals surface area (Å²) in [6.07, 6.45) is 4.14. The first-order chi connectivity index (χ1) is 10.1. The van der Waals surface area contributed by atoms with Crippen LogP contribution in [-0.2, 0) is 11.3 Å². The van der Waals surface area contributed by atoms with E-state index in [-0.39, 0.29) is 12.1 Å². The first-order valence-electron chi connectivity index (χ1n) is 7.78. The van der Waals surface area contributed by atoms with Crippen molar-refractivity contribution in [2.24, 2.45) is 0 Å². The third kappa shape index (κ3) is 4.74. The van der Waals surface area contributed by atoms with Gasteiger partial charge in [-0.25, -0.2) is 0 Å². The first kappa shape index (κ1) is 15.8. The molecule has 1 unspecified atom stereocenters. The van der Waals surface area contributed by atoms with Crippen LogP contribution in [0.1, 0.15) is 45.1 Å². The molecule has 1 aromatic rings. The van der Waals surface area contributed by atoms with Crippen LogP contribution >= 0.6 is 0 Å². The Morgan fingerprint density at radius 1 is 1.29 bits per heavy atom. The third-order valence-electron chi connectivity index (χ3n) is 3.83. The minimum absolute atomic E-state index is 0.165. The van der Waals surface area contributed by atoms with Crippen molar-refractivity contribution in [1.82, 2.24) is 4.90 Å². The quantitative estimate of drug-likeness (QED) is 0.904. The molecular weight excluding hydrogens is 266 g/mol. The average molecular weight is 291 g/mol. The molecule has 0 saturated carbocycles. The van der Waals surface area contributed by atoms with Crippen LogP contribution in [0.25, 0.3) is 0 Å². The largest absolute Gasteiger partial charge is 0.491 e. The van der Waals surface area contributed by atoms with Gasteiger partial charge in [-0.1, -0.05) is 25.0 Å². The molecule has 1 aliphatic rings. The van der Waals surface area contributed by atoms with E-state index in [1.807, 2.05) is 38.1 Å². The predicted octanol–water partition coefficient (Wildman–Crippen LogP) is 3.30. The van der Waals surface area contributed by atoms with E-state index in [2.05, 4.69) is 4.90 Å². The first-order valence-corrected chi connectivity index (χ1v) is 7.78. The van der Waals surface area contributed by atoms with Gasteiger partial charge >= 0.3 is 5.97 Å².